The molecule has 0 bridgehead atoms. The lowest BCUT2D eigenvalue weighted by molar-refractivity contribution is 0.101. The van der Waals surface area contributed by atoms with Gasteiger partial charge in [0.05, 0.1) is 6.10 Å². The summed E-state index contributed by atoms with van der Waals surface area (Å²) in [4.78, 5) is 0. The topological polar surface area (TPSA) is 21.3 Å². The van der Waals surface area contributed by atoms with Crippen LogP contribution >= 0.6 is 0 Å². The molecule has 2 atom stereocenters. The number of aryl methyl sites for hydroxylation is 1. The largest absolute Gasteiger partial charge is 0.382 e. The molecular formula is C14H23NO. The molecule has 1 N–H and O–H groups in total. The lowest BCUT2D eigenvalue weighted by atomic mass is 9.98. The Labute approximate surface area is 99.0 Å². The molecule has 0 aliphatic carbocycles. The minimum atomic E-state index is 0.280. The van der Waals surface area contributed by atoms with Crippen LogP contribution in [0.25, 0.3) is 0 Å². The highest BCUT2D eigenvalue weighted by molar-refractivity contribution is 5.26. The number of benzene rings is 1. The van der Waals surface area contributed by atoms with Crippen LogP contribution in [0.1, 0.15) is 37.4 Å². The van der Waals surface area contributed by atoms with E-state index >= 15 is 0 Å². The molecule has 1 aromatic rings. The first-order valence-corrected chi connectivity index (χ1v) is 6.00. The van der Waals surface area contributed by atoms with E-state index in [0.29, 0.717) is 6.04 Å². The number of nitrogens with one attached hydrogen (secondary N) is 1. The summed E-state index contributed by atoms with van der Waals surface area (Å²) in [7, 11) is 3.77. The van der Waals surface area contributed by atoms with Crippen molar-refractivity contribution in [2.24, 2.45) is 0 Å². The number of hydrogen-bond donors (Lipinski definition) is 1. The molecule has 2 nitrogen and oxygen atoms in total. The van der Waals surface area contributed by atoms with Crippen LogP contribution in [0.5, 0.6) is 0 Å². The quantitative estimate of drug-likeness (QED) is 0.797. The normalized spacial score (nSPS) is 14.8. The third-order valence-corrected chi connectivity index (χ3v) is 3.08. The molecule has 0 aliphatic heterocycles. The lowest BCUT2D eigenvalue weighted by Crippen LogP contribution is -2.22. The Bertz CT molecular complexity index is 311. The van der Waals surface area contributed by atoms with Crippen molar-refractivity contribution in [3.63, 3.8) is 0 Å². The minimum Gasteiger partial charge on any atom is -0.382 e. The SMILES string of the molecule is CCc1cccc(C(CC(C)OC)NC)c1. The Balaban J connectivity index is 2.77. The van der Waals surface area contributed by atoms with Crippen LogP contribution in [-0.2, 0) is 11.2 Å². The zero-order valence-electron chi connectivity index (χ0n) is 10.8. The van der Waals surface area contributed by atoms with Gasteiger partial charge in [0, 0.05) is 13.2 Å². The zero-order valence-corrected chi connectivity index (χ0v) is 10.8. The van der Waals surface area contributed by atoms with Gasteiger partial charge in [0.25, 0.3) is 0 Å². The summed E-state index contributed by atoms with van der Waals surface area (Å²) in [6.07, 6.45) is 2.37. The van der Waals surface area contributed by atoms with Crippen molar-refractivity contribution in [2.45, 2.75) is 38.8 Å². The van der Waals surface area contributed by atoms with Crippen LogP contribution < -0.4 is 5.32 Å². The summed E-state index contributed by atoms with van der Waals surface area (Å²) in [6.45, 7) is 4.29. The predicted molar refractivity (Wildman–Crippen MR) is 68.7 cm³/mol. The van der Waals surface area contributed by atoms with E-state index in [0.717, 1.165) is 12.8 Å². The van der Waals surface area contributed by atoms with Crippen molar-refractivity contribution in [2.75, 3.05) is 14.2 Å². The summed E-state index contributed by atoms with van der Waals surface area (Å²) in [5, 5.41) is 3.35. The van der Waals surface area contributed by atoms with Crippen LogP contribution in [-0.4, -0.2) is 20.3 Å². The Kier molecular flexibility index (Phi) is 5.50. The van der Waals surface area contributed by atoms with Crippen molar-refractivity contribution in [1.82, 2.24) is 5.32 Å². The van der Waals surface area contributed by atoms with Crippen molar-refractivity contribution in [3.05, 3.63) is 35.4 Å². The Morgan fingerprint density at radius 1 is 1.38 bits per heavy atom. The lowest BCUT2D eigenvalue weighted by Gasteiger charge is -2.20. The molecule has 1 rings (SSSR count). The Morgan fingerprint density at radius 2 is 2.12 bits per heavy atom. The third-order valence-electron chi connectivity index (χ3n) is 3.08. The summed E-state index contributed by atoms with van der Waals surface area (Å²) in [6, 6.07) is 9.15. The first kappa shape index (κ1) is 13.2. The molecule has 0 saturated carbocycles. The van der Waals surface area contributed by atoms with E-state index in [2.05, 4.69) is 43.4 Å². The van der Waals surface area contributed by atoms with Crippen molar-refractivity contribution in [3.8, 4) is 0 Å². The summed E-state index contributed by atoms with van der Waals surface area (Å²) in [5.41, 5.74) is 2.74. The molecule has 0 aromatic heterocycles. The van der Waals surface area contributed by atoms with E-state index in [-0.39, 0.29) is 6.10 Å². The maximum absolute atomic E-state index is 5.32. The van der Waals surface area contributed by atoms with E-state index in [4.69, 9.17) is 4.74 Å². The fourth-order valence-electron chi connectivity index (χ4n) is 1.88. The zero-order chi connectivity index (χ0) is 12.0. The molecule has 0 amide bonds. The van der Waals surface area contributed by atoms with Gasteiger partial charge in [0.1, 0.15) is 0 Å². The first-order valence-electron chi connectivity index (χ1n) is 6.00. The number of rotatable bonds is 6. The highest BCUT2D eigenvalue weighted by Gasteiger charge is 2.13. The third kappa shape index (κ3) is 3.62. The molecule has 16 heavy (non-hydrogen) atoms. The van der Waals surface area contributed by atoms with Crippen LogP contribution in [0.4, 0.5) is 0 Å². The standard InChI is InChI=1S/C14H23NO/c1-5-12-7-6-8-13(10-12)14(15-3)9-11(2)16-4/h6-8,10-11,14-15H,5,9H2,1-4H3. The molecule has 0 radical (unpaired) electrons. The first-order chi connectivity index (χ1) is 7.71. The van der Waals surface area contributed by atoms with Gasteiger partial charge in [-0.05, 0) is 37.9 Å². The monoisotopic (exact) mass is 221 g/mol. The summed E-state index contributed by atoms with van der Waals surface area (Å²) in [5.74, 6) is 0. The molecule has 1 aromatic carbocycles. The molecule has 0 aliphatic rings. The maximum atomic E-state index is 5.32. The van der Waals surface area contributed by atoms with Gasteiger partial charge in [-0.3, -0.25) is 0 Å². The van der Waals surface area contributed by atoms with E-state index in [1.807, 2.05) is 7.05 Å². The predicted octanol–water partition coefficient (Wildman–Crippen LogP) is 2.93. The number of ether oxygens (including phenoxy) is 1. The van der Waals surface area contributed by atoms with Gasteiger partial charge in [-0.1, -0.05) is 31.2 Å². The van der Waals surface area contributed by atoms with Gasteiger partial charge in [0.15, 0.2) is 0 Å². The molecule has 0 fully saturated rings. The van der Waals surface area contributed by atoms with Gasteiger partial charge in [-0.15, -0.1) is 0 Å². The molecule has 2 heteroatoms. The van der Waals surface area contributed by atoms with Crippen molar-refractivity contribution >= 4 is 0 Å². The van der Waals surface area contributed by atoms with Crippen LogP contribution in [0.15, 0.2) is 24.3 Å². The molecule has 2 unspecified atom stereocenters. The van der Waals surface area contributed by atoms with E-state index < -0.39 is 0 Å². The van der Waals surface area contributed by atoms with Gasteiger partial charge in [-0.2, -0.15) is 0 Å². The van der Waals surface area contributed by atoms with Gasteiger partial charge in [-0.25, -0.2) is 0 Å². The van der Waals surface area contributed by atoms with Gasteiger partial charge >= 0.3 is 0 Å². The highest BCUT2D eigenvalue weighted by atomic mass is 16.5. The molecule has 0 spiro atoms. The minimum absolute atomic E-state index is 0.280. The average molecular weight is 221 g/mol. The fraction of sp³-hybridized carbons (Fsp3) is 0.571. The Morgan fingerprint density at radius 3 is 2.69 bits per heavy atom. The van der Waals surface area contributed by atoms with E-state index in [1.54, 1.807) is 7.11 Å². The summed E-state index contributed by atoms with van der Waals surface area (Å²) >= 11 is 0. The smallest absolute Gasteiger partial charge is 0.0561 e. The van der Waals surface area contributed by atoms with Crippen LogP contribution in [0.3, 0.4) is 0 Å². The molecule has 0 saturated heterocycles. The second-order valence-electron chi connectivity index (χ2n) is 4.22. The van der Waals surface area contributed by atoms with E-state index in [9.17, 15) is 0 Å². The Hall–Kier alpha value is -0.860. The second kappa shape index (κ2) is 6.66. The summed E-state index contributed by atoms with van der Waals surface area (Å²) < 4.78 is 5.32. The fourth-order valence-corrected chi connectivity index (χ4v) is 1.88. The van der Waals surface area contributed by atoms with Crippen LogP contribution in [0.2, 0.25) is 0 Å². The van der Waals surface area contributed by atoms with Crippen LogP contribution in [0, 0.1) is 0 Å². The van der Waals surface area contributed by atoms with Gasteiger partial charge < -0.3 is 10.1 Å². The number of hydrogen-bond acceptors (Lipinski definition) is 2. The number of methoxy groups -OCH3 is 1. The van der Waals surface area contributed by atoms with E-state index in [1.165, 1.54) is 11.1 Å². The van der Waals surface area contributed by atoms with Gasteiger partial charge in [0.2, 0.25) is 0 Å². The highest BCUT2D eigenvalue weighted by Crippen LogP contribution is 2.20. The molecule has 0 heterocycles. The van der Waals surface area contributed by atoms with Crippen molar-refractivity contribution in [1.29, 1.82) is 0 Å². The molecule has 90 valence electrons. The molecular weight excluding hydrogens is 198 g/mol. The maximum Gasteiger partial charge on any atom is 0.0561 e. The van der Waals surface area contributed by atoms with Crippen molar-refractivity contribution < 1.29 is 4.74 Å². The second-order valence-corrected chi connectivity index (χ2v) is 4.22. The average Bonchev–Trinajstić information content (AvgIpc) is 2.35.